The van der Waals surface area contributed by atoms with Crippen molar-refractivity contribution in [3.05, 3.63) is 66.8 Å². The number of carbonyl (C=O) groups excluding carboxylic acids is 1. The highest BCUT2D eigenvalue weighted by atomic mass is 16.2. The van der Waals surface area contributed by atoms with Gasteiger partial charge in [-0.3, -0.25) is 9.78 Å². The summed E-state index contributed by atoms with van der Waals surface area (Å²) in [4.78, 5) is 34.5. The molecule has 3 aromatic rings. The van der Waals surface area contributed by atoms with Gasteiger partial charge in [0, 0.05) is 31.3 Å². The van der Waals surface area contributed by atoms with Crippen molar-refractivity contribution < 1.29 is 4.79 Å². The summed E-state index contributed by atoms with van der Waals surface area (Å²) < 4.78 is 0. The molecule has 3 aromatic heterocycles. The second-order valence-electron chi connectivity index (χ2n) is 6.63. The first-order chi connectivity index (χ1) is 13.8. The topological polar surface area (TPSA) is 99.7 Å². The van der Waals surface area contributed by atoms with E-state index in [4.69, 9.17) is 0 Å². The molecule has 1 aliphatic heterocycles. The van der Waals surface area contributed by atoms with Crippen LogP contribution in [0.1, 0.15) is 30.1 Å². The van der Waals surface area contributed by atoms with Crippen LogP contribution in [0.15, 0.2) is 55.4 Å². The number of hydrogen-bond donors (Lipinski definition) is 2. The first kappa shape index (κ1) is 17.8. The number of nitrogens with one attached hydrogen (secondary N) is 2. The number of aromatic amines is 1. The Morgan fingerprint density at radius 2 is 2.14 bits per heavy atom. The van der Waals surface area contributed by atoms with Crippen LogP contribution in [0.2, 0.25) is 0 Å². The molecule has 1 amide bonds. The van der Waals surface area contributed by atoms with Gasteiger partial charge < -0.3 is 15.2 Å². The maximum absolute atomic E-state index is 12.5. The van der Waals surface area contributed by atoms with Crippen LogP contribution in [0.3, 0.4) is 0 Å². The standard InChI is InChI=1S/C20H21N7O/c28-20(7-6-16-10-21-14-25-16)27-9-3-4-15(13-27)17-11-24-19(12-23-17)26-18-5-1-2-8-22-18/h1-2,5-8,10-12,14-15H,3-4,9,13H2,(H,21,25)(H,22,24,26)/b7-6+/t15-/m1/s1. The van der Waals surface area contributed by atoms with Crippen molar-refractivity contribution in [3.8, 4) is 0 Å². The van der Waals surface area contributed by atoms with E-state index in [0.29, 0.717) is 12.4 Å². The summed E-state index contributed by atoms with van der Waals surface area (Å²) in [5.74, 6) is 1.56. The SMILES string of the molecule is O=C(/C=C/c1cnc[nH]1)N1CCC[C@@H](c2cnc(Nc3ccccn3)cn2)C1. The Kier molecular flexibility index (Phi) is 5.37. The van der Waals surface area contributed by atoms with Gasteiger partial charge in [-0.1, -0.05) is 6.07 Å². The van der Waals surface area contributed by atoms with Crippen LogP contribution in [0.5, 0.6) is 0 Å². The second-order valence-corrected chi connectivity index (χ2v) is 6.63. The molecule has 0 aromatic carbocycles. The Hall–Kier alpha value is -3.55. The molecule has 0 saturated carbocycles. The molecule has 28 heavy (non-hydrogen) atoms. The number of pyridine rings is 1. The van der Waals surface area contributed by atoms with Crippen LogP contribution in [0.25, 0.3) is 6.08 Å². The number of carbonyl (C=O) groups is 1. The van der Waals surface area contributed by atoms with Gasteiger partial charge in [-0.25, -0.2) is 15.0 Å². The highest BCUT2D eigenvalue weighted by Crippen LogP contribution is 2.26. The zero-order valence-corrected chi connectivity index (χ0v) is 15.3. The van der Waals surface area contributed by atoms with Crippen molar-refractivity contribution in [1.82, 2.24) is 29.8 Å². The highest BCUT2D eigenvalue weighted by Gasteiger charge is 2.24. The van der Waals surface area contributed by atoms with E-state index in [2.05, 4.69) is 30.2 Å². The Morgan fingerprint density at radius 3 is 2.89 bits per heavy atom. The van der Waals surface area contributed by atoms with Gasteiger partial charge in [-0.2, -0.15) is 0 Å². The number of hydrogen-bond acceptors (Lipinski definition) is 6. The predicted molar refractivity (Wildman–Crippen MR) is 106 cm³/mol. The largest absolute Gasteiger partial charge is 0.345 e. The average Bonchev–Trinajstić information content (AvgIpc) is 3.27. The third-order valence-electron chi connectivity index (χ3n) is 4.67. The Bertz CT molecular complexity index is 923. The van der Waals surface area contributed by atoms with Crippen molar-refractivity contribution in [3.63, 3.8) is 0 Å². The summed E-state index contributed by atoms with van der Waals surface area (Å²) in [5, 5.41) is 3.12. The van der Waals surface area contributed by atoms with E-state index in [1.807, 2.05) is 23.1 Å². The van der Waals surface area contributed by atoms with Crippen LogP contribution in [0.4, 0.5) is 11.6 Å². The molecule has 1 atom stereocenters. The minimum absolute atomic E-state index is 0.000646. The fourth-order valence-electron chi connectivity index (χ4n) is 3.22. The fourth-order valence-corrected chi connectivity index (χ4v) is 3.22. The summed E-state index contributed by atoms with van der Waals surface area (Å²) in [5.41, 5.74) is 1.71. The molecule has 142 valence electrons. The molecule has 4 heterocycles. The molecular formula is C20H21N7O. The average molecular weight is 375 g/mol. The Balaban J connectivity index is 1.38. The molecule has 0 bridgehead atoms. The van der Waals surface area contributed by atoms with Crippen LogP contribution in [0, 0.1) is 0 Å². The zero-order valence-electron chi connectivity index (χ0n) is 15.3. The molecule has 1 saturated heterocycles. The van der Waals surface area contributed by atoms with Gasteiger partial charge in [0.25, 0.3) is 0 Å². The number of anilines is 2. The number of rotatable bonds is 5. The van der Waals surface area contributed by atoms with Crippen LogP contribution in [-0.2, 0) is 4.79 Å². The molecule has 0 radical (unpaired) electrons. The quantitative estimate of drug-likeness (QED) is 0.665. The van der Waals surface area contributed by atoms with E-state index in [0.717, 1.165) is 36.6 Å². The van der Waals surface area contributed by atoms with E-state index in [9.17, 15) is 4.79 Å². The van der Waals surface area contributed by atoms with Gasteiger partial charge in [-0.05, 0) is 31.1 Å². The van der Waals surface area contributed by atoms with E-state index >= 15 is 0 Å². The van der Waals surface area contributed by atoms with E-state index in [-0.39, 0.29) is 11.8 Å². The summed E-state index contributed by atoms with van der Waals surface area (Å²) in [6.07, 6.45) is 13.8. The summed E-state index contributed by atoms with van der Waals surface area (Å²) >= 11 is 0. The van der Waals surface area contributed by atoms with Crippen molar-refractivity contribution in [2.75, 3.05) is 18.4 Å². The lowest BCUT2D eigenvalue weighted by Crippen LogP contribution is -2.38. The number of nitrogens with zero attached hydrogens (tertiary/aromatic N) is 5. The second kappa shape index (κ2) is 8.43. The molecule has 2 N–H and O–H groups in total. The number of H-pyrrole nitrogens is 1. The van der Waals surface area contributed by atoms with Gasteiger partial charge in [0.05, 0.1) is 36.3 Å². The number of piperidine rings is 1. The highest BCUT2D eigenvalue weighted by molar-refractivity contribution is 5.91. The molecule has 8 nitrogen and oxygen atoms in total. The fraction of sp³-hybridized carbons (Fsp3) is 0.250. The molecule has 1 fully saturated rings. The molecule has 8 heteroatoms. The van der Waals surface area contributed by atoms with Crippen molar-refractivity contribution in [2.24, 2.45) is 0 Å². The lowest BCUT2D eigenvalue weighted by atomic mass is 9.95. The third kappa shape index (κ3) is 4.40. The lowest BCUT2D eigenvalue weighted by Gasteiger charge is -2.31. The van der Waals surface area contributed by atoms with E-state index < -0.39 is 0 Å². The van der Waals surface area contributed by atoms with Crippen LogP contribution < -0.4 is 5.32 Å². The predicted octanol–water partition coefficient (Wildman–Crippen LogP) is 2.76. The minimum atomic E-state index is 0.000646. The molecule has 0 spiro atoms. The van der Waals surface area contributed by atoms with Crippen molar-refractivity contribution >= 4 is 23.6 Å². The summed E-state index contributed by atoms with van der Waals surface area (Å²) in [6.45, 7) is 1.41. The molecular weight excluding hydrogens is 354 g/mol. The monoisotopic (exact) mass is 375 g/mol. The van der Waals surface area contributed by atoms with E-state index in [1.54, 1.807) is 43.3 Å². The van der Waals surface area contributed by atoms with Gasteiger partial charge >= 0.3 is 0 Å². The first-order valence-corrected chi connectivity index (χ1v) is 9.23. The van der Waals surface area contributed by atoms with E-state index in [1.165, 1.54) is 0 Å². The molecule has 0 unspecified atom stereocenters. The van der Waals surface area contributed by atoms with Crippen molar-refractivity contribution in [2.45, 2.75) is 18.8 Å². The van der Waals surface area contributed by atoms with Gasteiger partial charge in [0.15, 0.2) is 0 Å². The Morgan fingerprint density at radius 1 is 1.18 bits per heavy atom. The maximum Gasteiger partial charge on any atom is 0.246 e. The molecule has 4 rings (SSSR count). The number of likely N-dealkylation sites (tertiary alicyclic amines) is 1. The minimum Gasteiger partial charge on any atom is -0.345 e. The first-order valence-electron chi connectivity index (χ1n) is 9.23. The van der Waals surface area contributed by atoms with Gasteiger partial charge in [-0.15, -0.1) is 0 Å². The Labute approximate surface area is 162 Å². The number of aromatic nitrogens is 5. The number of imidazole rings is 1. The third-order valence-corrected chi connectivity index (χ3v) is 4.67. The van der Waals surface area contributed by atoms with Crippen molar-refractivity contribution in [1.29, 1.82) is 0 Å². The van der Waals surface area contributed by atoms with Crippen LogP contribution >= 0.6 is 0 Å². The number of amides is 1. The van der Waals surface area contributed by atoms with Gasteiger partial charge in [0.2, 0.25) is 5.91 Å². The lowest BCUT2D eigenvalue weighted by molar-refractivity contribution is -0.127. The smallest absolute Gasteiger partial charge is 0.246 e. The molecule has 1 aliphatic rings. The summed E-state index contributed by atoms with van der Waals surface area (Å²) in [7, 11) is 0. The van der Waals surface area contributed by atoms with Gasteiger partial charge in [0.1, 0.15) is 11.6 Å². The molecule has 0 aliphatic carbocycles. The summed E-state index contributed by atoms with van der Waals surface area (Å²) in [6, 6.07) is 5.64. The maximum atomic E-state index is 12.5. The van der Waals surface area contributed by atoms with Crippen LogP contribution in [-0.4, -0.2) is 48.8 Å². The normalized spacial score (nSPS) is 17.0. The zero-order chi connectivity index (χ0) is 19.2.